The molecule has 0 aromatic carbocycles. The monoisotopic (exact) mass is 280 g/mol. The van der Waals surface area contributed by atoms with E-state index in [2.05, 4.69) is 4.98 Å². The molecule has 1 rings (SSSR count). The van der Waals surface area contributed by atoms with E-state index >= 15 is 0 Å². The Kier molecular flexibility index (Phi) is 5.19. The van der Waals surface area contributed by atoms with Crippen LogP contribution in [0, 0.1) is 5.92 Å². The highest BCUT2D eigenvalue weighted by atomic mass is 16.4. The van der Waals surface area contributed by atoms with Crippen LogP contribution in [0.5, 0.6) is 0 Å². The zero-order valence-electron chi connectivity index (χ0n) is 11.2. The molecule has 7 heteroatoms. The molecule has 7 nitrogen and oxygen atoms in total. The third kappa shape index (κ3) is 3.78. The van der Waals surface area contributed by atoms with Crippen LogP contribution < -0.4 is 0 Å². The Hall–Kier alpha value is -2.44. The van der Waals surface area contributed by atoms with Gasteiger partial charge in [-0.1, -0.05) is 6.92 Å². The minimum atomic E-state index is -1.19. The van der Waals surface area contributed by atoms with E-state index in [0.29, 0.717) is 0 Å². The van der Waals surface area contributed by atoms with Crippen LogP contribution in [0.2, 0.25) is 0 Å². The topological polar surface area (TPSA) is 108 Å². The van der Waals surface area contributed by atoms with Crippen molar-refractivity contribution >= 4 is 17.8 Å². The molecule has 2 atom stereocenters. The SMILES string of the molecule is CC(CN(C(=O)c1ccncc1)C(C)C(=O)O)C(=O)O. The predicted molar refractivity (Wildman–Crippen MR) is 69.2 cm³/mol. The molecule has 1 heterocycles. The molecule has 0 saturated carbocycles. The van der Waals surface area contributed by atoms with E-state index in [-0.39, 0.29) is 12.1 Å². The first-order valence-electron chi connectivity index (χ1n) is 6.01. The normalized spacial score (nSPS) is 13.3. The van der Waals surface area contributed by atoms with Gasteiger partial charge in [0.25, 0.3) is 5.91 Å². The molecule has 0 saturated heterocycles. The molecule has 108 valence electrons. The van der Waals surface area contributed by atoms with Gasteiger partial charge in [0.15, 0.2) is 0 Å². The molecule has 0 aliphatic rings. The second-order valence-electron chi connectivity index (χ2n) is 4.45. The third-order valence-corrected chi connectivity index (χ3v) is 2.91. The molecule has 1 aromatic heterocycles. The van der Waals surface area contributed by atoms with Gasteiger partial charge in [-0.2, -0.15) is 0 Å². The van der Waals surface area contributed by atoms with Crippen molar-refractivity contribution in [3.63, 3.8) is 0 Å². The van der Waals surface area contributed by atoms with Crippen LogP contribution in [0.15, 0.2) is 24.5 Å². The molecule has 0 aliphatic carbocycles. The minimum absolute atomic E-state index is 0.177. The molecule has 2 unspecified atom stereocenters. The Morgan fingerprint density at radius 3 is 2.15 bits per heavy atom. The minimum Gasteiger partial charge on any atom is -0.481 e. The summed E-state index contributed by atoms with van der Waals surface area (Å²) in [6.07, 6.45) is 2.83. The largest absolute Gasteiger partial charge is 0.481 e. The number of amides is 1. The van der Waals surface area contributed by atoms with Gasteiger partial charge in [-0.3, -0.25) is 14.6 Å². The fourth-order valence-electron chi connectivity index (χ4n) is 1.58. The van der Waals surface area contributed by atoms with E-state index < -0.39 is 29.8 Å². The van der Waals surface area contributed by atoms with Crippen molar-refractivity contribution < 1.29 is 24.6 Å². The Morgan fingerprint density at radius 2 is 1.70 bits per heavy atom. The second-order valence-corrected chi connectivity index (χ2v) is 4.45. The lowest BCUT2D eigenvalue weighted by atomic mass is 10.1. The van der Waals surface area contributed by atoms with Crippen molar-refractivity contribution in [1.29, 1.82) is 0 Å². The van der Waals surface area contributed by atoms with Gasteiger partial charge in [-0.15, -0.1) is 0 Å². The highest BCUT2D eigenvalue weighted by Gasteiger charge is 2.29. The van der Waals surface area contributed by atoms with Gasteiger partial charge < -0.3 is 15.1 Å². The second kappa shape index (κ2) is 6.65. The predicted octanol–water partition coefficient (Wildman–Crippen LogP) is 0.718. The maximum Gasteiger partial charge on any atom is 0.326 e. The lowest BCUT2D eigenvalue weighted by molar-refractivity contribution is -0.145. The highest BCUT2D eigenvalue weighted by Crippen LogP contribution is 2.11. The third-order valence-electron chi connectivity index (χ3n) is 2.91. The molecule has 0 fully saturated rings. The number of carboxylic acids is 2. The molecule has 1 amide bonds. The van der Waals surface area contributed by atoms with Gasteiger partial charge in [-0.05, 0) is 19.1 Å². The average Bonchev–Trinajstić information content (AvgIpc) is 2.43. The number of aliphatic carboxylic acids is 2. The first kappa shape index (κ1) is 15.6. The fraction of sp³-hybridized carbons (Fsp3) is 0.385. The van der Waals surface area contributed by atoms with Crippen LogP contribution in [0.4, 0.5) is 0 Å². The van der Waals surface area contributed by atoms with Crippen LogP contribution in [-0.4, -0.2) is 50.5 Å². The van der Waals surface area contributed by atoms with Crippen molar-refractivity contribution in [2.75, 3.05) is 6.54 Å². The van der Waals surface area contributed by atoms with Crippen LogP contribution in [-0.2, 0) is 9.59 Å². The molecular weight excluding hydrogens is 264 g/mol. The summed E-state index contributed by atoms with van der Waals surface area (Å²) in [5, 5.41) is 18.0. The maximum absolute atomic E-state index is 12.3. The van der Waals surface area contributed by atoms with Crippen LogP contribution >= 0.6 is 0 Å². The number of pyridine rings is 1. The average molecular weight is 280 g/mol. The zero-order valence-corrected chi connectivity index (χ0v) is 11.2. The van der Waals surface area contributed by atoms with E-state index in [0.717, 1.165) is 4.90 Å². The van der Waals surface area contributed by atoms with E-state index in [4.69, 9.17) is 10.2 Å². The van der Waals surface area contributed by atoms with Crippen molar-refractivity contribution in [2.24, 2.45) is 5.92 Å². The Balaban J connectivity index is 3.01. The fourth-order valence-corrected chi connectivity index (χ4v) is 1.58. The molecule has 0 radical (unpaired) electrons. The van der Waals surface area contributed by atoms with E-state index in [9.17, 15) is 14.4 Å². The summed E-state index contributed by atoms with van der Waals surface area (Å²) in [7, 11) is 0. The summed E-state index contributed by atoms with van der Waals surface area (Å²) in [6, 6.07) is 1.79. The van der Waals surface area contributed by atoms with Gasteiger partial charge in [0.1, 0.15) is 6.04 Å². The van der Waals surface area contributed by atoms with Gasteiger partial charge in [0.05, 0.1) is 5.92 Å². The first-order chi connectivity index (χ1) is 9.34. The Labute approximate surface area is 115 Å². The molecule has 0 aliphatic heterocycles. The van der Waals surface area contributed by atoms with Crippen LogP contribution in [0.1, 0.15) is 24.2 Å². The number of carbonyl (C=O) groups excluding carboxylic acids is 1. The number of hydrogen-bond donors (Lipinski definition) is 2. The number of nitrogens with zero attached hydrogens (tertiary/aromatic N) is 2. The van der Waals surface area contributed by atoms with E-state index in [1.54, 1.807) is 0 Å². The highest BCUT2D eigenvalue weighted by molar-refractivity contribution is 5.96. The molecule has 1 aromatic rings. The molecule has 20 heavy (non-hydrogen) atoms. The van der Waals surface area contributed by atoms with Crippen molar-refractivity contribution in [2.45, 2.75) is 19.9 Å². The van der Waals surface area contributed by atoms with Gasteiger partial charge in [0.2, 0.25) is 0 Å². The van der Waals surface area contributed by atoms with Gasteiger partial charge >= 0.3 is 11.9 Å². The standard InChI is InChI=1S/C13H16N2O5/c1-8(12(17)18)7-15(9(2)13(19)20)11(16)10-3-5-14-6-4-10/h3-6,8-9H,7H2,1-2H3,(H,17,18)(H,19,20). The summed E-state index contributed by atoms with van der Waals surface area (Å²) in [5.74, 6) is -3.67. The summed E-state index contributed by atoms with van der Waals surface area (Å²) in [4.78, 5) is 39.1. The molecule has 0 spiro atoms. The summed E-state index contributed by atoms with van der Waals surface area (Å²) < 4.78 is 0. The molecule has 2 N–H and O–H groups in total. The number of aromatic nitrogens is 1. The van der Waals surface area contributed by atoms with Crippen LogP contribution in [0.3, 0.4) is 0 Å². The summed E-state index contributed by atoms with van der Waals surface area (Å²) >= 11 is 0. The van der Waals surface area contributed by atoms with E-state index in [1.165, 1.54) is 38.4 Å². The molecular formula is C13H16N2O5. The maximum atomic E-state index is 12.3. The van der Waals surface area contributed by atoms with Crippen molar-refractivity contribution in [1.82, 2.24) is 9.88 Å². The summed E-state index contributed by atoms with van der Waals surface area (Å²) in [6.45, 7) is 2.59. The number of hydrogen-bond acceptors (Lipinski definition) is 4. The Morgan fingerprint density at radius 1 is 1.15 bits per heavy atom. The summed E-state index contributed by atoms with van der Waals surface area (Å²) in [5.41, 5.74) is 0.269. The Bertz CT molecular complexity index is 503. The zero-order chi connectivity index (χ0) is 15.3. The van der Waals surface area contributed by atoms with Gasteiger partial charge in [0, 0.05) is 24.5 Å². The van der Waals surface area contributed by atoms with E-state index in [1.807, 2.05) is 0 Å². The quantitative estimate of drug-likeness (QED) is 0.794. The first-order valence-corrected chi connectivity index (χ1v) is 6.01. The number of carbonyl (C=O) groups is 3. The van der Waals surface area contributed by atoms with Crippen molar-refractivity contribution in [3.05, 3.63) is 30.1 Å². The number of carboxylic acid groups (broad SMARTS) is 2. The number of rotatable bonds is 6. The lowest BCUT2D eigenvalue weighted by Gasteiger charge is -2.28. The van der Waals surface area contributed by atoms with Crippen LogP contribution in [0.25, 0.3) is 0 Å². The van der Waals surface area contributed by atoms with Gasteiger partial charge in [-0.25, -0.2) is 4.79 Å². The molecule has 0 bridgehead atoms. The smallest absolute Gasteiger partial charge is 0.326 e. The lowest BCUT2D eigenvalue weighted by Crippen LogP contribution is -2.46. The van der Waals surface area contributed by atoms with Crippen molar-refractivity contribution in [3.8, 4) is 0 Å².